The number of ketones is 1. The fourth-order valence-corrected chi connectivity index (χ4v) is 1.64. The van der Waals surface area contributed by atoms with E-state index in [2.05, 4.69) is 4.98 Å². The normalized spacial score (nSPS) is 11.2. The summed E-state index contributed by atoms with van der Waals surface area (Å²) in [5.41, 5.74) is 2.61. The maximum atomic E-state index is 11.0. The van der Waals surface area contributed by atoms with Gasteiger partial charge in [-0.1, -0.05) is 19.9 Å². The van der Waals surface area contributed by atoms with Crippen molar-refractivity contribution in [3.8, 4) is 0 Å². The molecule has 1 aromatic carbocycles. The zero-order valence-electron chi connectivity index (χ0n) is 9.78. The van der Waals surface area contributed by atoms with E-state index in [0.717, 1.165) is 22.6 Å². The monoisotopic (exact) mass is 217 g/mol. The summed E-state index contributed by atoms with van der Waals surface area (Å²) in [7, 11) is 0. The molecular formula is C13H15NO2. The van der Waals surface area contributed by atoms with Crippen molar-refractivity contribution in [3.05, 3.63) is 29.7 Å². The van der Waals surface area contributed by atoms with E-state index in [1.54, 1.807) is 6.92 Å². The molecule has 0 unspecified atom stereocenters. The molecule has 1 heterocycles. The van der Waals surface area contributed by atoms with Gasteiger partial charge in [-0.3, -0.25) is 4.79 Å². The average molecular weight is 217 g/mol. The SMILES string of the molecule is CC(=O)Cc1ccc2oc(C(C)C)nc2c1. The van der Waals surface area contributed by atoms with Gasteiger partial charge in [0.25, 0.3) is 0 Å². The first-order valence-corrected chi connectivity index (χ1v) is 5.45. The first-order valence-electron chi connectivity index (χ1n) is 5.45. The predicted octanol–water partition coefficient (Wildman–Crippen LogP) is 3.08. The summed E-state index contributed by atoms with van der Waals surface area (Å²) in [6, 6.07) is 5.72. The molecule has 0 radical (unpaired) electrons. The van der Waals surface area contributed by atoms with Gasteiger partial charge in [0, 0.05) is 12.3 Å². The Morgan fingerprint density at radius 3 is 2.81 bits per heavy atom. The van der Waals surface area contributed by atoms with Gasteiger partial charge in [0.1, 0.15) is 11.3 Å². The number of fused-ring (bicyclic) bond motifs is 1. The number of carbonyl (C=O) groups excluding carboxylic acids is 1. The number of oxazole rings is 1. The van der Waals surface area contributed by atoms with Crippen LogP contribution in [0.2, 0.25) is 0 Å². The van der Waals surface area contributed by atoms with Crippen LogP contribution in [0.4, 0.5) is 0 Å². The summed E-state index contributed by atoms with van der Waals surface area (Å²) in [4.78, 5) is 15.4. The molecule has 0 atom stereocenters. The zero-order valence-corrected chi connectivity index (χ0v) is 9.78. The second-order valence-corrected chi connectivity index (χ2v) is 4.39. The minimum absolute atomic E-state index is 0.159. The molecule has 0 spiro atoms. The Hall–Kier alpha value is -1.64. The molecule has 0 bridgehead atoms. The van der Waals surface area contributed by atoms with E-state index in [-0.39, 0.29) is 11.7 Å². The summed E-state index contributed by atoms with van der Waals surface area (Å²) in [6.45, 7) is 5.68. The largest absolute Gasteiger partial charge is 0.440 e. The van der Waals surface area contributed by atoms with Crippen molar-refractivity contribution in [1.29, 1.82) is 0 Å². The van der Waals surface area contributed by atoms with E-state index < -0.39 is 0 Å². The second kappa shape index (κ2) is 4.08. The van der Waals surface area contributed by atoms with Crippen LogP contribution in [0, 0.1) is 0 Å². The van der Waals surface area contributed by atoms with E-state index in [0.29, 0.717) is 6.42 Å². The summed E-state index contributed by atoms with van der Waals surface area (Å²) in [5.74, 6) is 1.19. The van der Waals surface area contributed by atoms with Crippen LogP contribution in [0.5, 0.6) is 0 Å². The molecule has 0 fully saturated rings. The Morgan fingerprint density at radius 1 is 1.44 bits per heavy atom. The highest BCUT2D eigenvalue weighted by Crippen LogP contribution is 2.22. The maximum absolute atomic E-state index is 11.0. The minimum atomic E-state index is 0.159. The number of rotatable bonds is 3. The van der Waals surface area contributed by atoms with Crippen LogP contribution in [0.3, 0.4) is 0 Å². The van der Waals surface area contributed by atoms with E-state index in [9.17, 15) is 4.79 Å². The quantitative estimate of drug-likeness (QED) is 0.793. The van der Waals surface area contributed by atoms with Crippen LogP contribution in [-0.2, 0) is 11.2 Å². The standard InChI is InChI=1S/C13H15NO2/c1-8(2)13-14-11-7-10(6-9(3)15)4-5-12(11)16-13/h4-5,7-8H,6H2,1-3H3. The van der Waals surface area contributed by atoms with E-state index in [4.69, 9.17) is 4.42 Å². The molecule has 0 saturated heterocycles. The molecule has 0 amide bonds. The Labute approximate surface area is 94.5 Å². The topological polar surface area (TPSA) is 43.1 Å². The fourth-order valence-electron chi connectivity index (χ4n) is 1.64. The molecule has 1 aromatic heterocycles. The Kier molecular flexibility index (Phi) is 2.77. The predicted molar refractivity (Wildman–Crippen MR) is 62.5 cm³/mol. The molecule has 0 aliphatic carbocycles. The van der Waals surface area contributed by atoms with Gasteiger partial charge in [0.05, 0.1) is 0 Å². The van der Waals surface area contributed by atoms with Crippen LogP contribution in [0.15, 0.2) is 22.6 Å². The van der Waals surface area contributed by atoms with E-state index in [1.807, 2.05) is 32.0 Å². The highest BCUT2D eigenvalue weighted by atomic mass is 16.3. The molecule has 0 saturated carbocycles. The molecule has 2 rings (SSSR count). The third-order valence-electron chi connectivity index (χ3n) is 2.42. The van der Waals surface area contributed by atoms with Gasteiger partial charge < -0.3 is 4.42 Å². The lowest BCUT2D eigenvalue weighted by Gasteiger charge is -1.95. The third kappa shape index (κ3) is 2.13. The number of hydrogen-bond donors (Lipinski definition) is 0. The molecule has 3 nitrogen and oxygen atoms in total. The second-order valence-electron chi connectivity index (χ2n) is 4.39. The van der Waals surface area contributed by atoms with Crippen molar-refractivity contribution in [2.45, 2.75) is 33.1 Å². The van der Waals surface area contributed by atoms with Crippen LogP contribution in [-0.4, -0.2) is 10.8 Å². The molecule has 0 aliphatic rings. The van der Waals surface area contributed by atoms with Crippen molar-refractivity contribution >= 4 is 16.9 Å². The average Bonchev–Trinajstić information content (AvgIpc) is 2.59. The molecular weight excluding hydrogens is 202 g/mol. The van der Waals surface area contributed by atoms with Crippen molar-refractivity contribution in [2.75, 3.05) is 0 Å². The van der Waals surface area contributed by atoms with Crippen molar-refractivity contribution in [2.24, 2.45) is 0 Å². The fraction of sp³-hybridized carbons (Fsp3) is 0.385. The number of aromatic nitrogens is 1. The van der Waals surface area contributed by atoms with E-state index >= 15 is 0 Å². The minimum Gasteiger partial charge on any atom is -0.440 e. The first-order chi connectivity index (χ1) is 7.56. The highest BCUT2D eigenvalue weighted by molar-refractivity contribution is 5.80. The summed E-state index contributed by atoms with van der Waals surface area (Å²) in [6.07, 6.45) is 0.458. The van der Waals surface area contributed by atoms with Crippen molar-refractivity contribution in [3.63, 3.8) is 0 Å². The lowest BCUT2D eigenvalue weighted by molar-refractivity contribution is -0.116. The Balaban J connectivity index is 2.41. The van der Waals surface area contributed by atoms with Gasteiger partial charge in [-0.05, 0) is 24.6 Å². The van der Waals surface area contributed by atoms with Gasteiger partial charge in [-0.15, -0.1) is 0 Å². The number of benzene rings is 1. The van der Waals surface area contributed by atoms with Crippen LogP contribution in [0.1, 0.15) is 38.1 Å². The number of carbonyl (C=O) groups is 1. The molecule has 16 heavy (non-hydrogen) atoms. The number of Topliss-reactive ketones (excluding diaryl/α,β-unsaturated/α-hetero) is 1. The van der Waals surface area contributed by atoms with Crippen molar-refractivity contribution in [1.82, 2.24) is 4.98 Å². The molecule has 0 N–H and O–H groups in total. The molecule has 3 heteroatoms. The molecule has 2 aromatic rings. The number of nitrogens with zero attached hydrogens (tertiary/aromatic N) is 1. The van der Waals surface area contributed by atoms with Gasteiger partial charge >= 0.3 is 0 Å². The van der Waals surface area contributed by atoms with Crippen molar-refractivity contribution < 1.29 is 9.21 Å². The maximum Gasteiger partial charge on any atom is 0.198 e. The van der Waals surface area contributed by atoms with Crippen LogP contribution < -0.4 is 0 Å². The van der Waals surface area contributed by atoms with Gasteiger partial charge in [0.2, 0.25) is 0 Å². The third-order valence-corrected chi connectivity index (χ3v) is 2.42. The lowest BCUT2D eigenvalue weighted by Crippen LogP contribution is -1.95. The van der Waals surface area contributed by atoms with Crippen LogP contribution in [0.25, 0.3) is 11.1 Å². The molecule has 84 valence electrons. The van der Waals surface area contributed by atoms with E-state index in [1.165, 1.54) is 0 Å². The number of hydrogen-bond acceptors (Lipinski definition) is 3. The Morgan fingerprint density at radius 2 is 2.19 bits per heavy atom. The highest BCUT2D eigenvalue weighted by Gasteiger charge is 2.09. The van der Waals surface area contributed by atoms with Gasteiger partial charge in [-0.25, -0.2) is 4.98 Å². The smallest absolute Gasteiger partial charge is 0.198 e. The van der Waals surface area contributed by atoms with Crippen LogP contribution >= 0.6 is 0 Å². The first kappa shape index (κ1) is 10.9. The van der Waals surface area contributed by atoms with Gasteiger partial charge in [0.15, 0.2) is 11.5 Å². The Bertz CT molecular complexity index is 526. The molecule has 0 aliphatic heterocycles. The summed E-state index contributed by atoms with van der Waals surface area (Å²) >= 11 is 0. The lowest BCUT2D eigenvalue weighted by atomic mass is 10.1. The zero-order chi connectivity index (χ0) is 11.7. The summed E-state index contributed by atoms with van der Waals surface area (Å²) in [5, 5.41) is 0. The van der Waals surface area contributed by atoms with Gasteiger partial charge in [-0.2, -0.15) is 0 Å². The summed E-state index contributed by atoms with van der Waals surface area (Å²) < 4.78 is 5.59.